The van der Waals surface area contributed by atoms with Crippen molar-refractivity contribution in [2.24, 2.45) is 0 Å². The molecule has 2 nitrogen and oxygen atoms in total. The molecule has 2 heterocycles. The van der Waals surface area contributed by atoms with E-state index in [9.17, 15) is 0 Å². The van der Waals surface area contributed by atoms with E-state index in [-0.39, 0.29) is 24.8 Å². The molecule has 1 saturated carbocycles. The molecule has 2 bridgehead atoms. The Morgan fingerprint density at radius 3 is 2.23 bits per heavy atom. The molecular weight excluding hydrogens is 207 g/mol. The largest absolute Gasteiger partial charge is 0.311 e. The Morgan fingerprint density at radius 2 is 1.85 bits per heavy atom. The van der Waals surface area contributed by atoms with E-state index in [1.165, 1.54) is 38.8 Å². The van der Waals surface area contributed by atoms with Crippen LogP contribution in [0.25, 0.3) is 0 Å². The van der Waals surface area contributed by atoms with Gasteiger partial charge in [0.15, 0.2) is 0 Å². The summed E-state index contributed by atoms with van der Waals surface area (Å²) >= 11 is 0. The maximum Gasteiger partial charge on any atom is 0.0239 e. The van der Waals surface area contributed by atoms with Gasteiger partial charge in [0.25, 0.3) is 0 Å². The van der Waals surface area contributed by atoms with E-state index >= 15 is 0 Å². The smallest absolute Gasteiger partial charge is 0.0239 e. The summed E-state index contributed by atoms with van der Waals surface area (Å²) in [6, 6.07) is 2.73. The molecule has 4 heteroatoms. The van der Waals surface area contributed by atoms with Crippen LogP contribution in [0.15, 0.2) is 0 Å². The van der Waals surface area contributed by atoms with Crippen LogP contribution in [0.4, 0.5) is 0 Å². The van der Waals surface area contributed by atoms with Gasteiger partial charge in [0.2, 0.25) is 0 Å². The van der Waals surface area contributed by atoms with Gasteiger partial charge in [-0.3, -0.25) is 4.90 Å². The van der Waals surface area contributed by atoms with Crippen molar-refractivity contribution in [1.82, 2.24) is 10.2 Å². The highest BCUT2D eigenvalue weighted by molar-refractivity contribution is 5.85. The predicted octanol–water partition coefficient (Wildman–Crippen LogP) is 1.43. The first-order valence-corrected chi connectivity index (χ1v) is 4.92. The molecular formula is C9H18Cl2N2. The first-order valence-electron chi connectivity index (χ1n) is 4.92. The van der Waals surface area contributed by atoms with Crippen LogP contribution in [-0.4, -0.2) is 36.1 Å². The molecule has 0 aromatic rings. The van der Waals surface area contributed by atoms with Crippen LogP contribution in [0.2, 0.25) is 0 Å². The van der Waals surface area contributed by atoms with Crippen LogP contribution in [0.3, 0.4) is 0 Å². The fraction of sp³-hybridized carbons (Fsp3) is 1.00. The molecule has 78 valence electrons. The SMILES string of the molecule is C1CC(N2C[C@@H]3C[C@H]2CN3)C1.Cl.Cl. The third-order valence-electron chi connectivity index (χ3n) is 3.64. The maximum absolute atomic E-state index is 3.55. The van der Waals surface area contributed by atoms with Gasteiger partial charge in [-0.2, -0.15) is 0 Å². The fourth-order valence-electron chi connectivity index (χ4n) is 2.76. The van der Waals surface area contributed by atoms with Crippen molar-refractivity contribution in [3.8, 4) is 0 Å². The van der Waals surface area contributed by atoms with Crippen LogP contribution < -0.4 is 5.32 Å². The van der Waals surface area contributed by atoms with Gasteiger partial charge in [-0.25, -0.2) is 0 Å². The predicted molar refractivity (Wildman–Crippen MR) is 59.0 cm³/mol. The summed E-state index contributed by atoms with van der Waals surface area (Å²) in [4.78, 5) is 2.75. The molecule has 2 atom stereocenters. The third-order valence-corrected chi connectivity index (χ3v) is 3.64. The summed E-state index contributed by atoms with van der Waals surface area (Å²) in [5.74, 6) is 0. The second-order valence-corrected chi connectivity index (χ2v) is 4.28. The van der Waals surface area contributed by atoms with E-state index in [0.717, 1.165) is 18.1 Å². The summed E-state index contributed by atoms with van der Waals surface area (Å²) in [6.07, 6.45) is 5.86. The lowest BCUT2D eigenvalue weighted by Gasteiger charge is -2.40. The summed E-state index contributed by atoms with van der Waals surface area (Å²) in [6.45, 7) is 2.61. The summed E-state index contributed by atoms with van der Waals surface area (Å²) in [7, 11) is 0. The molecule has 0 aromatic carbocycles. The number of nitrogens with one attached hydrogen (secondary N) is 1. The second kappa shape index (κ2) is 4.35. The zero-order valence-corrected chi connectivity index (χ0v) is 9.37. The molecule has 0 radical (unpaired) electrons. The first kappa shape index (κ1) is 11.6. The van der Waals surface area contributed by atoms with Crippen molar-refractivity contribution in [2.45, 2.75) is 43.8 Å². The number of nitrogens with zero attached hydrogens (tertiary/aromatic N) is 1. The molecule has 1 N–H and O–H groups in total. The van der Waals surface area contributed by atoms with Gasteiger partial charge in [-0.05, 0) is 19.3 Å². The van der Waals surface area contributed by atoms with E-state index in [2.05, 4.69) is 10.2 Å². The Bertz CT molecular complexity index is 173. The minimum Gasteiger partial charge on any atom is -0.311 e. The number of piperazine rings is 1. The Kier molecular flexibility index (Phi) is 3.87. The Balaban J connectivity index is 0.000000422. The van der Waals surface area contributed by atoms with Gasteiger partial charge in [0.1, 0.15) is 0 Å². The van der Waals surface area contributed by atoms with Crippen molar-refractivity contribution in [2.75, 3.05) is 13.1 Å². The average Bonchev–Trinajstić information content (AvgIpc) is 2.42. The molecule has 0 unspecified atom stereocenters. The Morgan fingerprint density at radius 1 is 1.08 bits per heavy atom. The lowest BCUT2D eigenvalue weighted by atomic mass is 9.91. The van der Waals surface area contributed by atoms with Crippen molar-refractivity contribution in [1.29, 1.82) is 0 Å². The van der Waals surface area contributed by atoms with E-state index in [4.69, 9.17) is 0 Å². The summed E-state index contributed by atoms with van der Waals surface area (Å²) < 4.78 is 0. The standard InChI is InChI=1S/C9H16N2.2ClH/c1-2-8(3-1)11-6-7-4-9(11)5-10-7;;/h7-10H,1-6H2;2*1H/t7-,9-;;/m0../s1. The van der Waals surface area contributed by atoms with Gasteiger partial charge < -0.3 is 5.32 Å². The monoisotopic (exact) mass is 224 g/mol. The van der Waals surface area contributed by atoms with Crippen LogP contribution in [0.5, 0.6) is 0 Å². The van der Waals surface area contributed by atoms with E-state index in [0.29, 0.717) is 0 Å². The molecule has 3 aliphatic rings. The van der Waals surface area contributed by atoms with E-state index in [1.807, 2.05) is 0 Å². The van der Waals surface area contributed by atoms with Crippen molar-refractivity contribution >= 4 is 24.8 Å². The van der Waals surface area contributed by atoms with Crippen molar-refractivity contribution in [3.63, 3.8) is 0 Å². The zero-order chi connectivity index (χ0) is 7.26. The number of rotatable bonds is 1. The number of halogens is 2. The van der Waals surface area contributed by atoms with Gasteiger partial charge in [-0.1, -0.05) is 6.42 Å². The number of hydrogen-bond donors (Lipinski definition) is 1. The van der Waals surface area contributed by atoms with Crippen molar-refractivity contribution < 1.29 is 0 Å². The lowest BCUT2D eigenvalue weighted by Crippen LogP contribution is -2.50. The molecule has 13 heavy (non-hydrogen) atoms. The minimum absolute atomic E-state index is 0. The normalized spacial score (nSPS) is 37.8. The van der Waals surface area contributed by atoms with Crippen LogP contribution in [-0.2, 0) is 0 Å². The van der Waals surface area contributed by atoms with Gasteiger partial charge in [0.05, 0.1) is 0 Å². The molecule has 0 aromatic heterocycles. The molecule has 0 spiro atoms. The molecule has 1 aliphatic carbocycles. The molecule has 3 rings (SSSR count). The maximum atomic E-state index is 3.55. The summed E-state index contributed by atoms with van der Waals surface area (Å²) in [5.41, 5.74) is 0. The molecule has 3 fully saturated rings. The lowest BCUT2D eigenvalue weighted by molar-refractivity contribution is 0.100. The number of hydrogen-bond acceptors (Lipinski definition) is 2. The first-order chi connectivity index (χ1) is 5.43. The van der Waals surface area contributed by atoms with Crippen LogP contribution >= 0.6 is 24.8 Å². The Labute approximate surface area is 92.3 Å². The number of fused-ring (bicyclic) bond motifs is 2. The van der Waals surface area contributed by atoms with Crippen LogP contribution in [0.1, 0.15) is 25.7 Å². The van der Waals surface area contributed by atoms with Crippen LogP contribution in [0, 0.1) is 0 Å². The van der Waals surface area contributed by atoms with E-state index in [1.54, 1.807) is 0 Å². The van der Waals surface area contributed by atoms with Gasteiger partial charge in [-0.15, -0.1) is 24.8 Å². The number of likely N-dealkylation sites (tertiary alicyclic amines) is 1. The summed E-state index contributed by atoms with van der Waals surface area (Å²) in [5, 5.41) is 3.55. The third kappa shape index (κ3) is 1.82. The second-order valence-electron chi connectivity index (χ2n) is 4.28. The highest BCUT2D eigenvalue weighted by Crippen LogP contribution is 2.33. The highest BCUT2D eigenvalue weighted by Gasteiger charge is 2.42. The van der Waals surface area contributed by atoms with Crippen molar-refractivity contribution in [3.05, 3.63) is 0 Å². The molecule has 2 saturated heterocycles. The fourth-order valence-corrected chi connectivity index (χ4v) is 2.76. The van der Waals surface area contributed by atoms with Gasteiger partial charge in [0, 0.05) is 31.2 Å². The highest BCUT2D eigenvalue weighted by atomic mass is 35.5. The minimum atomic E-state index is 0. The molecule has 2 aliphatic heterocycles. The molecule has 0 amide bonds. The zero-order valence-electron chi connectivity index (χ0n) is 7.74. The van der Waals surface area contributed by atoms with Gasteiger partial charge >= 0.3 is 0 Å². The van der Waals surface area contributed by atoms with E-state index < -0.39 is 0 Å². The average molecular weight is 225 g/mol. The quantitative estimate of drug-likeness (QED) is 0.726. The topological polar surface area (TPSA) is 15.3 Å². The Hall–Kier alpha value is 0.500.